The second kappa shape index (κ2) is 7.70. The molecule has 0 aliphatic carbocycles. The third-order valence-electron chi connectivity index (χ3n) is 3.03. The zero-order valence-corrected chi connectivity index (χ0v) is 13.9. The van der Waals surface area contributed by atoms with Gasteiger partial charge in [0.1, 0.15) is 17.2 Å². The molecule has 2 aromatic rings. The molecule has 0 aromatic heterocycles. The number of urea groups is 1. The van der Waals surface area contributed by atoms with Crippen LogP contribution in [-0.2, 0) is 6.54 Å². The molecule has 6 heteroatoms. The number of anilines is 1. The topological polar surface area (TPSA) is 59.6 Å². The first-order valence-electron chi connectivity index (χ1n) is 6.64. The predicted molar refractivity (Wildman–Crippen MR) is 89.5 cm³/mol. The summed E-state index contributed by atoms with van der Waals surface area (Å²) in [4.78, 5) is 12.0. The average Bonchev–Trinajstić information content (AvgIpc) is 2.54. The number of nitrogens with one attached hydrogen (secondary N) is 2. The van der Waals surface area contributed by atoms with E-state index < -0.39 is 0 Å². The lowest BCUT2D eigenvalue weighted by Crippen LogP contribution is -2.28. The van der Waals surface area contributed by atoms with Crippen LogP contribution in [0.5, 0.6) is 11.5 Å². The second-order valence-electron chi connectivity index (χ2n) is 4.47. The van der Waals surface area contributed by atoms with Crippen molar-refractivity contribution in [2.45, 2.75) is 6.54 Å². The number of carbonyl (C=O) groups is 1. The zero-order valence-electron chi connectivity index (χ0n) is 12.4. The Morgan fingerprint density at radius 1 is 1.05 bits per heavy atom. The molecule has 0 heterocycles. The molecule has 2 rings (SSSR count). The van der Waals surface area contributed by atoms with E-state index in [9.17, 15) is 4.79 Å². The summed E-state index contributed by atoms with van der Waals surface area (Å²) >= 11 is 3.37. The minimum absolute atomic E-state index is 0.328. The van der Waals surface area contributed by atoms with Gasteiger partial charge in [-0.25, -0.2) is 4.79 Å². The van der Waals surface area contributed by atoms with Crippen molar-refractivity contribution in [2.75, 3.05) is 19.5 Å². The molecule has 2 amide bonds. The maximum absolute atomic E-state index is 12.0. The van der Waals surface area contributed by atoms with Gasteiger partial charge in [0.05, 0.1) is 14.2 Å². The van der Waals surface area contributed by atoms with Crippen molar-refractivity contribution in [1.82, 2.24) is 5.32 Å². The molecule has 0 unspecified atom stereocenters. The third kappa shape index (κ3) is 4.14. The number of carbonyl (C=O) groups excluding carboxylic acids is 1. The lowest BCUT2D eigenvalue weighted by Gasteiger charge is -2.14. The Morgan fingerprint density at radius 3 is 2.18 bits per heavy atom. The van der Waals surface area contributed by atoms with Gasteiger partial charge in [-0.3, -0.25) is 0 Å². The number of benzene rings is 2. The molecule has 2 N–H and O–H groups in total. The van der Waals surface area contributed by atoms with Gasteiger partial charge in [0.2, 0.25) is 0 Å². The van der Waals surface area contributed by atoms with Crippen LogP contribution in [-0.4, -0.2) is 20.3 Å². The highest BCUT2D eigenvalue weighted by Gasteiger charge is 2.12. The average molecular weight is 365 g/mol. The normalized spacial score (nSPS) is 9.95. The van der Waals surface area contributed by atoms with Crippen LogP contribution in [0.25, 0.3) is 0 Å². The summed E-state index contributed by atoms with van der Waals surface area (Å²) in [6.45, 7) is 0.427. The lowest BCUT2D eigenvalue weighted by molar-refractivity contribution is 0.251. The van der Waals surface area contributed by atoms with Crippen molar-refractivity contribution in [3.05, 3.63) is 52.5 Å². The van der Waals surface area contributed by atoms with Crippen molar-refractivity contribution in [3.8, 4) is 11.5 Å². The highest BCUT2D eigenvalue weighted by atomic mass is 79.9. The van der Waals surface area contributed by atoms with Gasteiger partial charge in [-0.15, -0.1) is 0 Å². The monoisotopic (exact) mass is 364 g/mol. The molecule has 116 valence electrons. The van der Waals surface area contributed by atoms with Gasteiger partial charge >= 0.3 is 6.03 Å². The standard InChI is InChI=1S/C16H17BrN2O3/c1-21-13-4-3-5-14(22-2)15(13)19-16(20)18-10-11-6-8-12(17)9-7-11/h3-9H,10H2,1-2H3,(H2,18,19,20). The Hall–Kier alpha value is -2.21. The largest absolute Gasteiger partial charge is 0.494 e. The fraction of sp³-hybridized carbons (Fsp3) is 0.188. The fourth-order valence-corrected chi connectivity index (χ4v) is 2.18. The summed E-state index contributed by atoms with van der Waals surface area (Å²) in [5.41, 5.74) is 1.51. The Bertz CT molecular complexity index is 622. The number of rotatable bonds is 5. The second-order valence-corrected chi connectivity index (χ2v) is 5.39. The van der Waals surface area contributed by atoms with Crippen LogP contribution in [0.1, 0.15) is 5.56 Å². The molecular formula is C16H17BrN2O3. The Balaban J connectivity index is 2.01. The highest BCUT2D eigenvalue weighted by molar-refractivity contribution is 9.10. The predicted octanol–water partition coefficient (Wildman–Crippen LogP) is 3.79. The molecule has 0 atom stereocenters. The van der Waals surface area contributed by atoms with Crippen LogP contribution < -0.4 is 20.1 Å². The summed E-state index contributed by atoms with van der Waals surface area (Å²) < 4.78 is 11.5. The van der Waals surface area contributed by atoms with Crippen molar-refractivity contribution >= 4 is 27.6 Å². The van der Waals surface area contributed by atoms with E-state index >= 15 is 0 Å². The Kier molecular flexibility index (Phi) is 5.66. The number of para-hydroxylation sites is 1. The van der Waals surface area contributed by atoms with Gasteiger partial charge in [-0.05, 0) is 29.8 Å². The van der Waals surface area contributed by atoms with E-state index in [1.807, 2.05) is 24.3 Å². The number of methoxy groups -OCH3 is 2. The van der Waals surface area contributed by atoms with E-state index in [2.05, 4.69) is 26.6 Å². The zero-order chi connectivity index (χ0) is 15.9. The van der Waals surface area contributed by atoms with Gasteiger partial charge in [-0.1, -0.05) is 34.1 Å². The molecule has 5 nitrogen and oxygen atoms in total. The Morgan fingerprint density at radius 2 is 1.64 bits per heavy atom. The van der Waals surface area contributed by atoms with Crippen LogP contribution in [0.3, 0.4) is 0 Å². The first-order chi connectivity index (χ1) is 10.6. The summed E-state index contributed by atoms with van der Waals surface area (Å²) in [7, 11) is 3.08. The van der Waals surface area contributed by atoms with Gasteiger partial charge in [-0.2, -0.15) is 0 Å². The number of hydrogen-bond donors (Lipinski definition) is 2. The smallest absolute Gasteiger partial charge is 0.319 e. The van der Waals surface area contributed by atoms with Gasteiger partial charge in [0, 0.05) is 11.0 Å². The molecule has 0 aliphatic rings. The first-order valence-corrected chi connectivity index (χ1v) is 7.43. The quantitative estimate of drug-likeness (QED) is 0.848. The molecule has 0 fully saturated rings. The van der Waals surface area contributed by atoms with Crippen LogP contribution in [0, 0.1) is 0 Å². The van der Waals surface area contributed by atoms with Crippen LogP contribution >= 0.6 is 15.9 Å². The van der Waals surface area contributed by atoms with E-state index in [0.29, 0.717) is 23.7 Å². The van der Waals surface area contributed by atoms with E-state index in [1.54, 1.807) is 32.4 Å². The molecular weight excluding hydrogens is 348 g/mol. The van der Waals surface area contributed by atoms with E-state index in [0.717, 1.165) is 10.0 Å². The first kappa shape index (κ1) is 16.2. The van der Waals surface area contributed by atoms with Crippen molar-refractivity contribution in [1.29, 1.82) is 0 Å². The molecule has 0 saturated heterocycles. The maximum Gasteiger partial charge on any atom is 0.319 e. The summed E-state index contributed by atoms with van der Waals surface area (Å²) in [6, 6.07) is 12.7. The molecule has 22 heavy (non-hydrogen) atoms. The van der Waals surface area contributed by atoms with Crippen LogP contribution in [0.15, 0.2) is 46.9 Å². The van der Waals surface area contributed by atoms with E-state index in [-0.39, 0.29) is 6.03 Å². The number of ether oxygens (including phenoxy) is 2. The van der Waals surface area contributed by atoms with Crippen molar-refractivity contribution < 1.29 is 14.3 Å². The minimum atomic E-state index is -0.328. The lowest BCUT2D eigenvalue weighted by atomic mass is 10.2. The van der Waals surface area contributed by atoms with Crippen LogP contribution in [0.4, 0.5) is 10.5 Å². The third-order valence-corrected chi connectivity index (χ3v) is 3.56. The molecule has 2 aromatic carbocycles. The summed E-state index contributed by atoms with van der Waals surface area (Å²) in [6.07, 6.45) is 0. The van der Waals surface area contributed by atoms with Gasteiger partial charge in [0.25, 0.3) is 0 Å². The number of halogens is 1. The molecule has 0 bridgehead atoms. The molecule has 0 saturated carbocycles. The minimum Gasteiger partial charge on any atom is -0.494 e. The van der Waals surface area contributed by atoms with E-state index in [4.69, 9.17) is 9.47 Å². The summed E-state index contributed by atoms with van der Waals surface area (Å²) in [5, 5.41) is 5.55. The molecule has 0 spiro atoms. The fourth-order valence-electron chi connectivity index (χ4n) is 1.92. The van der Waals surface area contributed by atoms with Gasteiger partial charge in [0.15, 0.2) is 0 Å². The number of amides is 2. The van der Waals surface area contributed by atoms with Crippen LogP contribution in [0.2, 0.25) is 0 Å². The highest BCUT2D eigenvalue weighted by Crippen LogP contribution is 2.33. The van der Waals surface area contributed by atoms with Crippen molar-refractivity contribution in [2.24, 2.45) is 0 Å². The molecule has 0 aliphatic heterocycles. The maximum atomic E-state index is 12.0. The Labute approximate surface area is 137 Å². The SMILES string of the molecule is COc1cccc(OC)c1NC(=O)NCc1ccc(Br)cc1. The molecule has 0 radical (unpaired) electrons. The van der Waals surface area contributed by atoms with Gasteiger partial charge < -0.3 is 20.1 Å². The number of hydrogen-bond acceptors (Lipinski definition) is 3. The van der Waals surface area contributed by atoms with Crippen molar-refractivity contribution in [3.63, 3.8) is 0 Å². The summed E-state index contributed by atoms with van der Waals surface area (Å²) in [5.74, 6) is 1.08. The van der Waals surface area contributed by atoms with E-state index in [1.165, 1.54) is 0 Å².